The molecule has 0 aliphatic heterocycles. The van der Waals surface area contributed by atoms with Gasteiger partial charge in [0.2, 0.25) is 0 Å². The molecule has 0 aliphatic carbocycles. The number of hydrogen-bond acceptors (Lipinski definition) is 4. The van der Waals surface area contributed by atoms with E-state index in [0.29, 0.717) is 29.2 Å². The molecule has 2 aromatic carbocycles. The molecule has 0 aromatic heterocycles. The summed E-state index contributed by atoms with van der Waals surface area (Å²) in [5.74, 6) is 1.38. The number of allylic oxidation sites excluding steroid dienone is 2. The summed E-state index contributed by atoms with van der Waals surface area (Å²) in [6.45, 7) is 4.05. The average Bonchev–Trinajstić information content (AvgIpc) is 2.65. The van der Waals surface area contributed by atoms with Gasteiger partial charge in [0.15, 0.2) is 0 Å². The lowest BCUT2D eigenvalue weighted by Crippen LogP contribution is -2.14. The quantitative estimate of drug-likeness (QED) is 0.332. The molecule has 0 heterocycles. The molecule has 0 fully saturated rings. The van der Waals surface area contributed by atoms with E-state index < -0.39 is 5.91 Å². The third-order valence-corrected chi connectivity index (χ3v) is 3.67. The lowest BCUT2D eigenvalue weighted by Gasteiger charge is -2.17. The Morgan fingerprint density at radius 1 is 1.15 bits per heavy atom. The van der Waals surface area contributed by atoms with Gasteiger partial charge in [-0.1, -0.05) is 29.8 Å². The standard InChI is InChI=1S/C21H23NO4/c1-15(2)9-12-18-19(25-3)13-10-16(11-14-20(23)22-24)21(18)26-17-7-5-4-6-8-17/h4-11,13-14,24H,12H2,1-3H3,(H,22,23)/b14-11+. The Morgan fingerprint density at radius 2 is 1.88 bits per heavy atom. The fourth-order valence-electron chi connectivity index (χ4n) is 2.38. The molecule has 0 bridgehead atoms. The van der Waals surface area contributed by atoms with Crippen molar-refractivity contribution >= 4 is 12.0 Å². The highest BCUT2D eigenvalue weighted by atomic mass is 16.5. The first-order valence-electron chi connectivity index (χ1n) is 8.23. The topological polar surface area (TPSA) is 67.8 Å². The maximum Gasteiger partial charge on any atom is 0.267 e. The van der Waals surface area contributed by atoms with E-state index in [2.05, 4.69) is 6.08 Å². The van der Waals surface area contributed by atoms with Gasteiger partial charge in [-0.3, -0.25) is 10.0 Å². The fourth-order valence-corrected chi connectivity index (χ4v) is 2.38. The van der Waals surface area contributed by atoms with Gasteiger partial charge >= 0.3 is 0 Å². The van der Waals surface area contributed by atoms with Gasteiger partial charge in [0.25, 0.3) is 5.91 Å². The molecule has 0 radical (unpaired) electrons. The zero-order chi connectivity index (χ0) is 18.9. The fraction of sp³-hybridized carbons (Fsp3) is 0.190. The summed E-state index contributed by atoms with van der Waals surface area (Å²) in [6.07, 6.45) is 5.55. The monoisotopic (exact) mass is 353 g/mol. The Bertz CT molecular complexity index is 806. The van der Waals surface area contributed by atoms with Crippen LogP contribution in [0.15, 0.2) is 60.2 Å². The lowest BCUT2D eigenvalue weighted by molar-refractivity contribution is -0.124. The van der Waals surface area contributed by atoms with Crippen molar-refractivity contribution in [3.8, 4) is 17.2 Å². The van der Waals surface area contributed by atoms with E-state index in [4.69, 9.17) is 14.7 Å². The van der Waals surface area contributed by atoms with Crippen molar-refractivity contribution in [3.63, 3.8) is 0 Å². The van der Waals surface area contributed by atoms with Gasteiger partial charge in [-0.05, 0) is 50.6 Å². The van der Waals surface area contributed by atoms with Crippen molar-refractivity contribution in [1.29, 1.82) is 0 Å². The minimum atomic E-state index is -0.614. The summed E-state index contributed by atoms with van der Waals surface area (Å²) in [5.41, 5.74) is 4.34. The molecule has 26 heavy (non-hydrogen) atoms. The number of hydrogen-bond donors (Lipinski definition) is 2. The van der Waals surface area contributed by atoms with Crippen molar-refractivity contribution < 1.29 is 19.5 Å². The molecular formula is C21H23NO4. The SMILES string of the molecule is COc1ccc(/C=C/C(=O)NO)c(Oc2ccccc2)c1CC=C(C)C. The molecule has 0 saturated heterocycles. The Morgan fingerprint density at radius 3 is 2.50 bits per heavy atom. The molecule has 0 saturated carbocycles. The molecular weight excluding hydrogens is 330 g/mol. The Kier molecular flexibility index (Phi) is 7.00. The van der Waals surface area contributed by atoms with E-state index in [1.165, 1.54) is 11.6 Å². The predicted molar refractivity (Wildman–Crippen MR) is 102 cm³/mol. The van der Waals surface area contributed by atoms with Crippen LogP contribution in [0.2, 0.25) is 0 Å². The van der Waals surface area contributed by atoms with Crippen LogP contribution in [0, 0.1) is 0 Å². The number of ether oxygens (including phenoxy) is 2. The number of amides is 1. The molecule has 2 N–H and O–H groups in total. The first-order valence-corrected chi connectivity index (χ1v) is 8.23. The lowest BCUT2D eigenvalue weighted by atomic mass is 10.0. The van der Waals surface area contributed by atoms with Crippen molar-refractivity contribution in [2.24, 2.45) is 0 Å². The number of carbonyl (C=O) groups excluding carboxylic acids is 1. The third kappa shape index (κ3) is 5.22. The van der Waals surface area contributed by atoms with E-state index in [1.807, 2.05) is 56.3 Å². The van der Waals surface area contributed by atoms with E-state index >= 15 is 0 Å². The second-order valence-electron chi connectivity index (χ2n) is 5.87. The molecule has 0 unspecified atom stereocenters. The minimum absolute atomic E-state index is 0.607. The first-order chi connectivity index (χ1) is 12.5. The summed E-state index contributed by atoms with van der Waals surface area (Å²) < 4.78 is 11.6. The highest BCUT2D eigenvalue weighted by Gasteiger charge is 2.15. The van der Waals surface area contributed by atoms with Gasteiger partial charge in [0.1, 0.15) is 17.2 Å². The number of hydroxylamine groups is 1. The van der Waals surface area contributed by atoms with Gasteiger partial charge in [0, 0.05) is 17.2 Å². The van der Waals surface area contributed by atoms with Gasteiger partial charge < -0.3 is 9.47 Å². The molecule has 2 aromatic rings. The average molecular weight is 353 g/mol. The Balaban J connectivity index is 2.55. The van der Waals surface area contributed by atoms with E-state index in [0.717, 1.165) is 5.56 Å². The highest BCUT2D eigenvalue weighted by Crippen LogP contribution is 2.37. The minimum Gasteiger partial charge on any atom is -0.496 e. The van der Waals surface area contributed by atoms with Crippen molar-refractivity contribution in [2.75, 3.05) is 7.11 Å². The number of rotatable bonds is 7. The van der Waals surface area contributed by atoms with Gasteiger partial charge in [-0.25, -0.2) is 5.48 Å². The summed E-state index contributed by atoms with van der Waals surface area (Å²) in [5, 5.41) is 8.69. The summed E-state index contributed by atoms with van der Waals surface area (Å²) >= 11 is 0. The summed E-state index contributed by atoms with van der Waals surface area (Å²) in [7, 11) is 1.61. The maximum absolute atomic E-state index is 11.4. The van der Waals surface area contributed by atoms with Crippen molar-refractivity contribution in [2.45, 2.75) is 20.3 Å². The molecule has 5 heteroatoms. The Hall–Kier alpha value is -3.05. The highest BCUT2D eigenvalue weighted by molar-refractivity contribution is 5.91. The van der Waals surface area contributed by atoms with Crippen LogP contribution >= 0.6 is 0 Å². The number of para-hydroxylation sites is 1. The zero-order valence-electron chi connectivity index (χ0n) is 15.2. The number of nitrogens with one attached hydrogen (secondary N) is 1. The molecule has 2 rings (SSSR count). The largest absolute Gasteiger partial charge is 0.496 e. The number of benzene rings is 2. The smallest absolute Gasteiger partial charge is 0.267 e. The molecule has 0 atom stereocenters. The second kappa shape index (κ2) is 9.44. The van der Waals surface area contributed by atoms with Crippen LogP contribution in [0.1, 0.15) is 25.0 Å². The van der Waals surface area contributed by atoms with Crippen LogP contribution in [0.4, 0.5) is 0 Å². The van der Waals surface area contributed by atoms with Crippen molar-refractivity contribution in [3.05, 3.63) is 71.3 Å². The van der Waals surface area contributed by atoms with Crippen LogP contribution in [0.5, 0.6) is 17.2 Å². The van der Waals surface area contributed by atoms with Crippen LogP contribution in [0.3, 0.4) is 0 Å². The van der Waals surface area contributed by atoms with E-state index in [9.17, 15) is 4.79 Å². The van der Waals surface area contributed by atoms with Crippen molar-refractivity contribution in [1.82, 2.24) is 5.48 Å². The van der Waals surface area contributed by atoms with Crippen LogP contribution in [-0.2, 0) is 11.2 Å². The van der Waals surface area contributed by atoms with Gasteiger partial charge in [-0.15, -0.1) is 0 Å². The van der Waals surface area contributed by atoms with Gasteiger partial charge in [0.05, 0.1) is 7.11 Å². The molecule has 0 spiro atoms. The second-order valence-corrected chi connectivity index (χ2v) is 5.87. The van der Waals surface area contributed by atoms with Gasteiger partial charge in [-0.2, -0.15) is 0 Å². The first kappa shape index (κ1) is 19.3. The molecule has 136 valence electrons. The third-order valence-electron chi connectivity index (χ3n) is 3.67. The normalized spacial score (nSPS) is 10.5. The number of carbonyl (C=O) groups is 1. The molecule has 0 aliphatic rings. The van der Waals surface area contributed by atoms with Crippen LogP contribution in [-0.4, -0.2) is 18.2 Å². The Labute approximate surface area is 153 Å². The summed E-state index contributed by atoms with van der Waals surface area (Å²) in [4.78, 5) is 11.4. The van der Waals surface area contributed by atoms with E-state index in [1.54, 1.807) is 18.7 Å². The van der Waals surface area contributed by atoms with Crippen LogP contribution in [0.25, 0.3) is 6.08 Å². The summed E-state index contributed by atoms with van der Waals surface area (Å²) in [6, 6.07) is 13.1. The number of methoxy groups -OCH3 is 1. The zero-order valence-corrected chi connectivity index (χ0v) is 15.2. The molecule has 5 nitrogen and oxygen atoms in total. The van der Waals surface area contributed by atoms with E-state index in [-0.39, 0.29) is 0 Å². The van der Waals surface area contributed by atoms with Crippen LogP contribution < -0.4 is 15.0 Å². The molecule has 1 amide bonds. The predicted octanol–water partition coefficient (Wildman–Crippen LogP) is 4.51. The maximum atomic E-state index is 11.4.